The summed E-state index contributed by atoms with van der Waals surface area (Å²) in [4.78, 5) is 15.6. The van der Waals surface area contributed by atoms with Crippen molar-refractivity contribution in [2.24, 2.45) is 0 Å². The van der Waals surface area contributed by atoms with Gasteiger partial charge in [0.25, 0.3) is 0 Å². The molecule has 0 aromatic heterocycles. The van der Waals surface area contributed by atoms with Crippen molar-refractivity contribution in [3.05, 3.63) is 65.2 Å². The van der Waals surface area contributed by atoms with Gasteiger partial charge in [0.15, 0.2) is 0 Å². The highest BCUT2D eigenvalue weighted by molar-refractivity contribution is 6.30. The Kier molecular flexibility index (Phi) is 5.24. The van der Waals surface area contributed by atoms with E-state index in [0.717, 1.165) is 62.9 Å². The van der Waals surface area contributed by atoms with E-state index in [4.69, 9.17) is 21.1 Å². The third kappa shape index (κ3) is 3.61. The number of benzene rings is 2. The zero-order valence-electron chi connectivity index (χ0n) is 17.2. The SMILES string of the molecule is O=C(N1CCC2(CC1)C[C@@H](Oc1ccccc1)CO2)C1(c2ccc(Cl)cc2)CCC1. The Bertz CT molecular complexity index is 886. The molecule has 0 N–H and O–H groups in total. The van der Waals surface area contributed by atoms with E-state index in [-0.39, 0.29) is 23.0 Å². The number of rotatable bonds is 4. The topological polar surface area (TPSA) is 38.8 Å². The molecule has 1 spiro atoms. The zero-order valence-corrected chi connectivity index (χ0v) is 17.9. The fourth-order valence-corrected chi connectivity index (χ4v) is 5.39. The van der Waals surface area contributed by atoms with Crippen LogP contribution in [0.3, 0.4) is 0 Å². The summed E-state index contributed by atoms with van der Waals surface area (Å²) in [7, 11) is 0. The molecule has 30 heavy (non-hydrogen) atoms. The number of ether oxygens (including phenoxy) is 2. The second-order valence-corrected chi connectivity index (χ2v) is 9.42. The summed E-state index contributed by atoms with van der Waals surface area (Å²) in [6.45, 7) is 2.13. The number of halogens is 1. The first-order valence-electron chi connectivity index (χ1n) is 11.0. The van der Waals surface area contributed by atoms with E-state index in [1.165, 1.54) is 0 Å². The summed E-state index contributed by atoms with van der Waals surface area (Å²) >= 11 is 6.06. The second kappa shape index (κ2) is 7.90. The molecule has 1 saturated carbocycles. The first kappa shape index (κ1) is 19.9. The maximum atomic E-state index is 13.5. The predicted molar refractivity (Wildman–Crippen MR) is 117 cm³/mol. The van der Waals surface area contributed by atoms with E-state index >= 15 is 0 Å². The number of piperidine rings is 1. The third-order valence-electron chi connectivity index (χ3n) is 7.20. The molecule has 1 amide bonds. The highest BCUT2D eigenvalue weighted by atomic mass is 35.5. The number of carbonyl (C=O) groups excluding carboxylic acids is 1. The van der Waals surface area contributed by atoms with Crippen molar-refractivity contribution in [1.82, 2.24) is 4.90 Å². The van der Waals surface area contributed by atoms with Gasteiger partial charge >= 0.3 is 0 Å². The normalized spacial score (nSPS) is 24.4. The maximum Gasteiger partial charge on any atom is 0.233 e. The molecule has 2 aromatic carbocycles. The van der Waals surface area contributed by atoms with E-state index in [1.54, 1.807) is 0 Å². The van der Waals surface area contributed by atoms with Crippen molar-refractivity contribution < 1.29 is 14.3 Å². The van der Waals surface area contributed by atoms with Crippen LogP contribution >= 0.6 is 11.6 Å². The number of hydrogen-bond donors (Lipinski definition) is 0. The first-order valence-corrected chi connectivity index (χ1v) is 11.4. The fraction of sp³-hybridized carbons (Fsp3) is 0.480. The van der Waals surface area contributed by atoms with Crippen LogP contribution in [-0.2, 0) is 14.9 Å². The zero-order chi connectivity index (χ0) is 20.6. The highest BCUT2D eigenvalue weighted by Crippen LogP contribution is 2.47. The van der Waals surface area contributed by atoms with Crippen LogP contribution in [0.1, 0.15) is 44.1 Å². The van der Waals surface area contributed by atoms with Crippen molar-refractivity contribution in [2.45, 2.75) is 55.6 Å². The quantitative estimate of drug-likeness (QED) is 0.692. The summed E-state index contributed by atoms with van der Waals surface area (Å²) in [6.07, 6.45) is 5.70. The average Bonchev–Trinajstić information content (AvgIpc) is 3.11. The Labute approximate surface area is 183 Å². The fourth-order valence-electron chi connectivity index (χ4n) is 5.26. The minimum Gasteiger partial charge on any atom is -0.488 e. The summed E-state index contributed by atoms with van der Waals surface area (Å²) < 4.78 is 12.3. The molecule has 2 aromatic rings. The lowest BCUT2D eigenvalue weighted by atomic mass is 9.63. The minimum atomic E-state index is -0.357. The highest BCUT2D eigenvalue weighted by Gasteiger charge is 2.50. The molecule has 3 aliphatic rings. The Morgan fingerprint density at radius 3 is 2.33 bits per heavy atom. The lowest BCUT2D eigenvalue weighted by Crippen LogP contribution is -2.55. The van der Waals surface area contributed by atoms with Gasteiger partial charge in [0.05, 0.1) is 17.6 Å². The number of likely N-dealkylation sites (tertiary alicyclic amines) is 1. The van der Waals surface area contributed by atoms with Gasteiger partial charge in [-0.25, -0.2) is 0 Å². The van der Waals surface area contributed by atoms with Crippen LogP contribution in [0.15, 0.2) is 54.6 Å². The molecule has 158 valence electrons. The van der Waals surface area contributed by atoms with Gasteiger partial charge < -0.3 is 14.4 Å². The molecule has 2 heterocycles. The van der Waals surface area contributed by atoms with Gasteiger partial charge in [-0.15, -0.1) is 0 Å². The van der Waals surface area contributed by atoms with Gasteiger partial charge in [-0.3, -0.25) is 4.79 Å². The molecule has 1 aliphatic carbocycles. The van der Waals surface area contributed by atoms with Gasteiger partial charge in [-0.05, 0) is 55.5 Å². The van der Waals surface area contributed by atoms with Crippen molar-refractivity contribution in [3.8, 4) is 5.75 Å². The van der Waals surface area contributed by atoms with Gasteiger partial charge in [0.2, 0.25) is 5.91 Å². The molecular formula is C25H28ClNO3. The Morgan fingerprint density at radius 1 is 1.00 bits per heavy atom. The number of carbonyl (C=O) groups is 1. The molecule has 2 saturated heterocycles. The molecule has 0 bridgehead atoms. The van der Waals surface area contributed by atoms with Crippen molar-refractivity contribution >= 4 is 17.5 Å². The summed E-state index contributed by atoms with van der Waals surface area (Å²) in [5.74, 6) is 1.17. The van der Waals surface area contributed by atoms with Crippen LogP contribution in [0.2, 0.25) is 5.02 Å². The van der Waals surface area contributed by atoms with E-state index < -0.39 is 0 Å². The monoisotopic (exact) mass is 425 g/mol. The number of amides is 1. The molecule has 1 atom stereocenters. The summed E-state index contributed by atoms with van der Waals surface area (Å²) in [5, 5.41) is 0.714. The average molecular weight is 426 g/mol. The molecule has 4 nitrogen and oxygen atoms in total. The lowest BCUT2D eigenvalue weighted by Gasteiger charge is -2.47. The Morgan fingerprint density at radius 2 is 1.70 bits per heavy atom. The number of nitrogens with zero attached hydrogens (tertiary/aromatic N) is 1. The smallest absolute Gasteiger partial charge is 0.233 e. The summed E-state index contributed by atoms with van der Waals surface area (Å²) in [5.41, 5.74) is 0.602. The first-order chi connectivity index (χ1) is 14.6. The van der Waals surface area contributed by atoms with Gasteiger partial charge in [-0.2, -0.15) is 0 Å². The largest absolute Gasteiger partial charge is 0.488 e. The van der Waals surface area contributed by atoms with Gasteiger partial charge in [0, 0.05) is 24.5 Å². The van der Waals surface area contributed by atoms with Gasteiger partial charge in [0.1, 0.15) is 11.9 Å². The van der Waals surface area contributed by atoms with E-state index in [9.17, 15) is 4.79 Å². The molecule has 2 aliphatic heterocycles. The molecule has 5 heteroatoms. The van der Waals surface area contributed by atoms with E-state index in [2.05, 4.69) is 4.90 Å². The van der Waals surface area contributed by atoms with Crippen LogP contribution < -0.4 is 4.74 Å². The standard InChI is InChI=1S/C25H28ClNO3/c26-20-9-7-19(8-10-20)25(11-4-12-25)23(28)27-15-13-24(14-16-27)17-22(18-29-24)30-21-5-2-1-3-6-21/h1-3,5-10,22H,4,11-18H2/t22-/m1/s1. The Hall–Kier alpha value is -2.04. The lowest BCUT2D eigenvalue weighted by molar-refractivity contribution is -0.145. The van der Waals surface area contributed by atoms with Crippen LogP contribution in [0.5, 0.6) is 5.75 Å². The van der Waals surface area contributed by atoms with Crippen LogP contribution in [0.25, 0.3) is 0 Å². The van der Waals surface area contributed by atoms with E-state index in [1.807, 2.05) is 54.6 Å². The van der Waals surface area contributed by atoms with Gasteiger partial charge in [-0.1, -0.05) is 48.4 Å². The number of hydrogen-bond acceptors (Lipinski definition) is 3. The summed E-state index contributed by atoms with van der Waals surface area (Å²) in [6, 6.07) is 17.8. The molecule has 0 unspecified atom stereocenters. The van der Waals surface area contributed by atoms with Crippen molar-refractivity contribution in [1.29, 1.82) is 0 Å². The second-order valence-electron chi connectivity index (χ2n) is 8.99. The van der Waals surface area contributed by atoms with Crippen molar-refractivity contribution in [2.75, 3.05) is 19.7 Å². The van der Waals surface area contributed by atoms with Crippen molar-refractivity contribution in [3.63, 3.8) is 0 Å². The van der Waals surface area contributed by atoms with Crippen LogP contribution in [0.4, 0.5) is 0 Å². The minimum absolute atomic E-state index is 0.0849. The molecule has 0 radical (unpaired) electrons. The molecular weight excluding hydrogens is 398 g/mol. The van der Waals surface area contributed by atoms with Crippen LogP contribution in [-0.4, -0.2) is 42.2 Å². The third-order valence-corrected chi connectivity index (χ3v) is 7.45. The maximum absolute atomic E-state index is 13.5. The molecule has 3 fully saturated rings. The number of para-hydroxylation sites is 1. The Balaban J connectivity index is 1.21. The predicted octanol–water partition coefficient (Wildman–Crippen LogP) is 4.99. The van der Waals surface area contributed by atoms with Crippen LogP contribution in [0, 0.1) is 0 Å². The van der Waals surface area contributed by atoms with E-state index in [0.29, 0.717) is 11.6 Å². The molecule has 5 rings (SSSR count).